The molecule has 2 aromatic carbocycles. The summed E-state index contributed by atoms with van der Waals surface area (Å²) in [6.07, 6.45) is 3.62. The van der Waals surface area contributed by atoms with Crippen molar-refractivity contribution >= 4 is 21.7 Å². The Morgan fingerprint density at radius 1 is 1.00 bits per heavy atom. The lowest BCUT2D eigenvalue weighted by atomic mass is 10.1. The summed E-state index contributed by atoms with van der Waals surface area (Å²) >= 11 is 0. The van der Waals surface area contributed by atoms with Gasteiger partial charge in [-0.15, -0.1) is 0 Å². The lowest BCUT2D eigenvalue weighted by molar-refractivity contribution is 0.251. The number of benzene rings is 2. The van der Waals surface area contributed by atoms with Gasteiger partial charge in [0.2, 0.25) is 10.0 Å². The van der Waals surface area contributed by atoms with Gasteiger partial charge in [-0.25, -0.2) is 18.4 Å². The van der Waals surface area contributed by atoms with Crippen LogP contribution in [-0.2, 0) is 28.9 Å². The maximum atomic E-state index is 12.0. The van der Waals surface area contributed by atoms with Crippen LogP contribution in [0.3, 0.4) is 0 Å². The molecule has 4 N–H and O–H groups in total. The number of aromatic nitrogens is 2. The molecule has 0 saturated heterocycles. The SMILES string of the molecule is NS(=O)(=O)Cc1ccc(CNC(=O)Nc2ccc(Cn3cccn3)cc2)cc1. The Morgan fingerprint density at radius 3 is 2.25 bits per heavy atom. The minimum Gasteiger partial charge on any atom is -0.334 e. The maximum absolute atomic E-state index is 12.0. The van der Waals surface area contributed by atoms with Gasteiger partial charge in [-0.05, 0) is 34.9 Å². The lowest BCUT2D eigenvalue weighted by Crippen LogP contribution is -2.28. The Hall–Kier alpha value is -3.17. The Labute approximate surface area is 163 Å². The smallest absolute Gasteiger partial charge is 0.319 e. The van der Waals surface area contributed by atoms with Crippen molar-refractivity contribution in [2.75, 3.05) is 5.32 Å². The fourth-order valence-corrected chi connectivity index (χ4v) is 3.27. The molecule has 0 atom stereocenters. The van der Waals surface area contributed by atoms with Gasteiger partial charge in [0.05, 0.1) is 12.3 Å². The number of carbonyl (C=O) groups is 1. The highest BCUT2D eigenvalue weighted by Crippen LogP contribution is 2.11. The van der Waals surface area contributed by atoms with Gasteiger partial charge in [0, 0.05) is 24.6 Å². The van der Waals surface area contributed by atoms with Crippen molar-refractivity contribution in [3.05, 3.63) is 83.7 Å². The number of amides is 2. The second-order valence-electron chi connectivity index (χ2n) is 6.33. The fourth-order valence-electron chi connectivity index (χ4n) is 2.62. The largest absolute Gasteiger partial charge is 0.334 e. The molecule has 1 aromatic heterocycles. The molecule has 3 rings (SSSR count). The monoisotopic (exact) mass is 399 g/mol. The number of sulfonamides is 1. The van der Waals surface area contributed by atoms with Gasteiger partial charge in [-0.1, -0.05) is 36.4 Å². The summed E-state index contributed by atoms with van der Waals surface area (Å²) in [5, 5.41) is 14.7. The van der Waals surface area contributed by atoms with Crippen LogP contribution in [0.4, 0.5) is 10.5 Å². The molecule has 0 bridgehead atoms. The normalized spacial score (nSPS) is 11.2. The first kappa shape index (κ1) is 19.6. The van der Waals surface area contributed by atoms with E-state index in [2.05, 4.69) is 15.7 Å². The highest BCUT2D eigenvalue weighted by Gasteiger charge is 2.06. The summed E-state index contributed by atoms with van der Waals surface area (Å²) in [5.74, 6) is -0.211. The molecular formula is C19H21N5O3S. The van der Waals surface area contributed by atoms with Crippen molar-refractivity contribution in [2.24, 2.45) is 5.14 Å². The quantitative estimate of drug-likeness (QED) is 0.563. The van der Waals surface area contributed by atoms with Crippen molar-refractivity contribution in [1.82, 2.24) is 15.1 Å². The molecule has 0 saturated carbocycles. The number of hydrogen-bond acceptors (Lipinski definition) is 4. The molecule has 0 spiro atoms. The van der Waals surface area contributed by atoms with Crippen molar-refractivity contribution in [1.29, 1.82) is 0 Å². The predicted octanol–water partition coefficient (Wildman–Crippen LogP) is 2.04. The Morgan fingerprint density at radius 2 is 1.64 bits per heavy atom. The molecule has 146 valence electrons. The third-order valence-corrected chi connectivity index (χ3v) is 4.70. The van der Waals surface area contributed by atoms with Gasteiger partial charge in [0.25, 0.3) is 0 Å². The van der Waals surface area contributed by atoms with Gasteiger partial charge >= 0.3 is 6.03 Å². The first-order valence-corrected chi connectivity index (χ1v) is 10.3. The zero-order chi connectivity index (χ0) is 20.0. The molecule has 9 heteroatoms. The number of nitrogens with one attached hydrogen (secondary N) is 2. The number of anilines is 1. The van der Waals surface area contributed by atoms with E-state index in [1.807, 2.05) is 41.2 Å². The van der Waals surface area contributed by atoms with Crippen molar-refractivity contribution in [3.8, 4) is 0 Å². The zero-order valence-electron chi connectivity index (χ0n) is 15.1. The first-order chi connectivity index (χ1) is 13.4. The molecule has 0 fully saturated rings. The molecule has 28 heavy (non-hydrogen) atoms. The predicted molar refractivity (Wildman–Crippen MR) is 107 cm³/mol. The summed E-state index contributed by atoms with van der Waals surface area (Å²) in [5.41, 5.74) is 3.22. The fraction of sp³-hybridized carbons (Fsp3) is 0.158. The van der Waals surface area contributed by atoms with E-state index in [9.17, 15) is 13.2 Å². The van der Waals surface area contributed by atoms with Crippen molar-refractivity contribution in [3.63, 3.8) is 0 Å². The Kier molecular flexibility index (Phi) is 6.07. The first-order valence-electron chi connectivity index (χ1n) is 8.57. The number of nitrogens with zero attached hydrogens (tertiary/aromatic N) is 2. The summed E-state index contributed by atoms with van der Waals surface area (Å²) in [6, 6.07) is 15.9. The van der Waals surface area contributed by atoms with E-state index in [1.165, 1.54) is 0 Å². The molecular weight excluding hydrogens is 378 g/mol. The van der Waals surface area contributed by atoms with Crippen LogP contribution in [0.5, 0.6) is 0 Å². The van der Waals surface area contributed by atoms with E-state index in [1.54, 1.807) is 30.5 Å². The number of primary sulfonamides is 1. The molecule has 1 heterocycles. The highest BCUT2D eigenvalue weighted by atomic mass is 32.2. The summed E-state index contributed by atoms with van der Waals surface area (Å²) in [6.45, 7) is 0.986. The van der Waals surface area contributed by atoms with E-state index in [4.69, 9.17) is 5.14 Å². The number of nitrogens with two attached hydrogens (primary N) is 1. The molecule has 2 amide bonds. The number of urea groups is 1. The molecule has 3 aromatic rings. The third kappa shape index (κ3) is 6.22. The average molecular weight is 399 g/mol. The van der Waals surface area contributed by atoms with E-state index in [0.717, 1.165) is 11.1 Å². The Bertz CT molecular complexity index is 1010. The molecule has 0 aliphatic heterocycles. The van der Waals surface area contributed by atoms with E-state index in [-0.39, 0.29) is 11.8 Å². The minimum absolute atomic E-state index is 0.211. The second-order valence-corrected chi connectivity index (χ2v) is 7.95. The molecule has 8 nitrogen and oxygen atoms in total. The third-order valence-electron chi connectivity index (χ3n) is 3.96. The topological polar surface area (TPSA) is 119 Å². The van der Waals surface area contributed by atoms with Crippen molar-refractivity contribution in [2.45, 2.75) is 18.8 Å². The van der Waals surface area contributed by atoms with Gasteiger partial charge in [-0.3, -0.25) is 4.68 Å². The van der Waals surface area contributed by atoms with Gasteiger partial charge < -0.3 is 10.6 Å². The van der Waals surface area contributed by atoms with Crippen molar-refractivity contribution < 1.29 is 13.2 Å². The van der Waals surface area contributed by atoms with Gasteiger partial charge in [-0.2, -0.15) is 5.10 Å². The molecule has 0 radical (unpaired) electrons. The molecule has 0 aliphatic carbocycles. The zero-order valence-corrected chi connectivity index (χ0v) is 15.9. The summed E-state index contributed by atoms with van der Waals surface area (Å²) in [4.78, 5) is 12.0. The van der Waals surface area contributed by atoms with E-state index >= 15 is 0 Å². The second kappa shape index (κ2) is 8.68. The standard InChI is InChI=1S/C19H21N5O3S/c20-28(26,27)14-17-4-2-15(3-5-17)12-21-19(25)23-18-8-6-16(7-9-18)13-24-11-1-10-22-24/h1-11H,12-14H2,(H2,20,26,27)(H2,21,23,25). The van der Waals surface area contributed by atoms with Crippen LogP contribution in [-0.4, -0.2) is 24.2 Å². The minimum atomic E-state index is -3.55. The lowest BCUT2D eigenvalue weighted by Gasteiger charge is -2.09. The van der Waals surface area contributed by atoms with Crippen LogP contribution in [0.1, 0.15) is 16.7 Å². The van der Waals surface area contributed by atoms with E-state index < -0.39 is 10.0 Å². The average Bonchev–Trinajstić information content (AvgIpc) is 3.15. The number of rotatable bonds is 7. The van der Waals surface area contributed by atoms with Crippen LogP contribution in [0.15, 0.2) is 67.0 Å². The van der Waals surface area contributed by atoms with Gasteiger partial charge in [0.15, 0.2) is 0 Å². The summed E-state index contributed by atoms with van der Waals surface area (Å²) in [7, 11) is -3.55. The molecule has 0 aliphatic rings. The maximum Gasteiger partial charge on any atom is 0.319 e. The van der Waals surface area contributed by atoms with E-state index in [0.29, 0.717) is 24.3 Å². The highest BCUT2D eigenvalue weighted by molar-refractivity contribution is 7.88. The summed E-state index contributed by atoms with van der Waals surface area (Å²) < 4.78 is 24.0. The number of carbonyl (C=O) groups excluding carboxylic acids is 1. The van der Waals surface area contributed by atoms with Crippen LogP contribution < -0.4 is 15.8 Å². The van der Waals surface area contributed by atoms with Crippen LogP contribution in [0.2, 0.25) is 0 Å². The Balaban J connectivity index is 1.47. The molecule has 0 unspecified atom stereocenters. The van der Waals surface area contributed by atoms with Crippen LogP contribution >= 0.6 is 0 Å². The number of hydrogen-bond donors (Lipinski definition) is 3. The van der Waals surface area contributed by atoms with Gasteiger partial charge in [0.1, 0.15) is 0 Å². The van der Waals surface area contributed by atoms with Crippen LogP contribution in [0.25, 0.3) is 0 Å². The van der Waals surface area contributed by atoms with Crippen LogP contribution in [0, 0.1) is 0 Å².